The smallest absolute Gasteiger partial charge is 0.358 e. The quantitative estimate of drug-likeness (QED) is 0.297. The number of benzene rings is 2. The first-order valence-corrected chi connectivity index (χ1v) is 11.7. The highest BCUT2D eigenvalue weighted by Gasteiger charge is 2.24. The minimum atomic E-state index is -0.819. The van der Waals surface area contributed by atoms with Crippen LogP contribution in [-0.4, -0.2) is 32.5 Å². The largest absolute Gasteiger partial charge is 0.453 e. The Balaban J connectivity index is 1.57. The van der Waals surface area contributed by atoms with Gasteiger partial charge in [-0.3, -0.25) is 18.7 Å². The second-order valence-corrected chi connectivity index (χ2v) is 8.43. The Hall–Kier alpha value is -4.31. The van der Waals surface area contributed by atoms with Gasteiger partial charge in [0.25, 0.3) is 5.56 Å². The molecule has 0 fully saturated rings. The van der Waals surface area contributed by atoms with Gasteiger partial charge in [0.2, 0.25) is 5.78 Å². The molecule has 4 aromatic rings. The highest BCUT2D eigenvalue weighted by atomic mass is 32.1. The molecule has 0 aliphatic carbocycles. The fraction of sp³-hybridized carbons (Fsp3) is 0.160. The number of anilines is 1. The molecule has 4 rings (SSSR count). The first-order valence-electron chi connectivity index (χ1n) is 10.8. The highest BCUT2D eigenvalue weighted by Crippen LogP contribution is 2.23. The van der Waals surface area contributed by atoms with E-state index in [1.165, 1.54) is 21.3 Å². The fourth-order valence-electron chi connectivity index (χ4n) is 3.53. The first kappa shape index (κ1) is 23.8. The van der Waals surface area contributed by atoms with E-state index < -0.39 is 35.2 Å². The molecule has 0 aliphatic heterocycles. The molecule has 2 aromatic heterocycles. The number of Topliss-reactive ketones (excluding diaryl/α,β-unsaturated/α-hetero) is 1. The summed E-state index contributed by atoms with van der Waals surface area (Å²) in [4.78, 5) is 55.4. The number of hydrogen-bond donors (Lipinski definition) is 1. The van der Waals surface area contributed by atoms with Crippen molar-refractivity contribution in [3.63, 3.8) is 0 Å². The van der Waals surface area contributed by atoms with Gasteiger partial charge >= 0.3 is 11.7 Å². The molecular weight excluding hydrogens is 468 g/mol. The van der Waals surface area contributed by atoms with Gasteiger partial charge in [0.1, 0.15) is 16.4 Å². The molecule has 0 atom stereocenters. The molecule has 10 heteroatoms. The Morgan fingerprint density at radius 1 is 1.00 bits per heavy atom. The molecule has 0 radical (unpaired) electrons. The number of aromatic nitrogens is 3. The van der Waals surface area contributed by atoms with Crippen molar-refractivity contribution in [3.05, 3.63) is 104 Å². The van der Waals surface area contributed by atoms with Crippen LogP contribution in [0.15, 0.2) is 75.6 Å². The maximum Gasteiger partial charge on any atom is 0.358 e. The number of ether oxygens (including phenoxy) is 1. The highest BCUT2D eigenvalue weighted by molar-refractivity contribution is 7.13. The summed E-state index contributed by atoms with van der Waals surface area (Å²) in [6.07, 6.45) is 0. The van der Waals surface area contributed by atoms with E-state index >= 15 is 0 Å². The van der Waals surface area contributed by atoms with Gasteiger partial charge in [-0.15, -0.1) is 11.3 Å². The third kappa shape index (κ3) is 4.97. The molecule has 0 unspecified atom stereocenters. The molecule has 178 valence electrons. The lowest BCUT2D eigenvalue weighted by molar-refractivity contribution is 0.0469. The van der Waals surface area contributed by atoms with Gasteiger partial charge < -0.3 is 10.5 Å². The number of esters is 1. The number of nitrogens with zero attached hydrogens (tertiary/aromatic N) is 3. The SMILES string of the molecule is CCn1c(=O)c(C(=O)COC(=O)c2csc(-c3ccccc3)n2)c(N)n(Cc2ccccc2)c1=O. The van der Waals surface area contributed by atoms with E-state index in [0.717, 1.165) is 15.7 Å². The molecule has 9 nitrogen and oxygen atoms in total. The number of nitrogens with two attached hydrogens (primary N) is 1. The predicted molar refractivity (Wildman–Crippen MR) is 133 cm³/mol. The van der Waals surface area contributed by atoms with Crippen LogP contribution in [0, 0.1) is 0 Å². The van der Waals surface area contributed by atoms with Gasteiger partial charge in [0.15, 0.2) is 12.3 Å². The number of rotatable bonds is 8. The van der Waals surface area contributed by atoms with Crippen molar-refractivity contribution in [1.29, 1.82) is 0 Å². The van der Waals surface area contributed by atoms with Crippen LogP contribution in [0.3, 0.4) is 0 Å². The Morgan fingerprint density at radius 2 is 1.66 bits per heavy atom. The summed E-state index contributed by atoms with van der Waals surface area (Å²) in [7, 11) is 0. The summed E-state index contributed by atoms with van der Waals surface area (Å²) in [6.45, 7) is 1.03. The maximum atomic E-state index is 12.9. The first-order chi connectivity index (χ1) is 16.9. The normalized spacial score (nSPS) is 10.8. The van der Waals surface area contributed by atoms with Crippen molar-refractivity contribution >= 4 is 28.9 Å². The molecule has 0 bridgehead atoms. The van der Waals surface area contributed by atoms with Crippen molar-refractivity contribution < 1.29 is 14.3 Å². The minimum Gasteiger partial charge on any atom is -0.453 e. The van der Waals surface area contributed by atoms with Crippen molar-refractivity contribution in [2.75, 3.05) is 12.3 Å². The lowest BCUT2D eigenvalue weighted by atomic mass is 10.2. The third-order valence-electron chi connectivity index (χ3n) is 5.31. The fourth-order valence-corrected chi connectivity index (χ4v) is 4.33. The Bertz CT molecular complexity index is 1490. The zero-order valence-electron chi connectivity index (χ0n) is 18.8. The van der Waals surface area contributed by atoms with E-state index in [1.54, 1.807) is 31.2 Å². The Morgan fingerprint density at radius 3 is 2.31 bits per heavy atom. The summed E-state index contributed by atoms with van der Waals surface area (Å²) < 4.78 is 7.23. The van der Waals surface area contributed by atoms with Gasteiger partial charge in [0.05, 0.1) is 6.54 Å². The zero-order valence-corrected chi connectivity index (χ0v) is 19.7. The topological polar surface area (TPSA) is 126 Å². The summed E-state index contributed by atoms with van der Waals surface area (Å²) in [6, 6.07) is 18.4. The minimum absolute atomic E-state index is 0.0495. The van der Waals surface area contributed by atoms with E-state index in [0.29, 0.717) is 5.01 Å². The molecule has 0 aliphatic rings. The van der Waals surface area contributed by atoms with Gasteiger partial charge in [0, 0.05) is 17.5 Å². The summed E-state index contributed by atoms with van der Waals surface area (Å²) in [5.41, 5.74) is 5.96. The van der Waals surface area contributed by atoms with E-state index in [2.05, 4.69) is 4.98 Å². The van der Waals surface area contributed by atoms with Crippen LogP contribution < -0.4 is 17.0 Å². The summed E-state index contributed by atoms with van der Waals surface area (Å²) in [5.74, 6) is -1.87. The number of thiazole rings is 1. The second-order valence-electron chi connectivity index (χ2n) is 7.57. The van der Waals surface area contributed by atoms with Crippen molar-refractivity contribution in [1.82, 2.24) is 14.1 Å². The molecule has 0 amide bonds. The van der Waals surface area contributed by atoms with E-state index in [9.17, 15) is 19.2 Å². The molecule has 35 heavy (non-hydrogen) atoms. The van der Waals surface area contributed by atoms with Gasteiger partial charge in [-0.05, 0) is 12.5 Å². The van der Waals surface area contributed by atoms with E-state index in [-0.39, 0.29) is 24.6 Å². The van der Waals surface area contributed by atoms with Gasteiger partial charge in [-0.1, -0.05) is 60.7 Å². The molecule has 0 saturated heterocycles. The van der Waals surface area contributed by atoms with Crippen LogP contribution >= 0.6 is 11.3 Å². The van der Waals surface area contributed by atoms with E-state index in [1.807, 2.05) is 36.4 Å². The van der Waals surface area contributed by atoms with Crippen LogP contribution in [0.1, 0.15) is 33.3 Å². The van der Waals surface area contributed by atoms with Crippen LogP contribution in [0.4, 0.5) is 5.82 Å². The summed E-state index contributed by atoms with van der Waals surface area (Å²) >= 11 is 1.27. The molecule has 2 N–H and O–H groups in total. The van der Waals surface area contributed by atoms with Crippen molar-refractivity contribution in [2.24, 2.45) is 0 Å². The van der Waals surface area contributed by atoms with Gasteiger partial charge in [-0.25, -0.2) is 14.6 Å². The summed E-state index contributed by atoms with van der Waals surface area (Å²) in [5, 5.41) is 2.17. The number of nitrogen functional groups attached to an aromatic ring is 1. The predicted octanol–water partition coefficient (Wildman–Crippen LogP) is 2.82. The number of hydrogen-bond acceptors (Lipinski definition) is 8. The number of carbonyl (C=O) groups is 2. The van der Waals surface area contributed by atoms with Crippen LogP contribution in [0.25, 0.3) is 10.6 Å². The van der Waals surface area contributed by atoms with Crippen LogP contribution in [-0.2, 0) is 17.8 Å². The Kier molecular flexibility index (Phi) is 7.02. The van der Waals surface area contributed by atoms with Crippen molar-refractivity contribution in [3.8, 4) is 10.6 Å². The lowest BCUT2D eigenvalue weighted by Crippen LogP contribution is -2.44. The standard InChI is InChI=1S/C25H22N4O5S/c1-2-28-23(31)20(21(26)29(25(28)33)13-16-9-5-3-6-10-16)19(30)14-34-24(32)18-15-35-22(27-18)17-11-7-4-8-12-17/h3-12,15H,2,13-14,26H2,1H3. The van der Waals surface area contributed by atoms with Crippen LogP contribution in [0.2, 0.25) is 0 Å². The zero-order chi connectivity index (χ0) is 24.9. The second kappa shape index (κ2) is 10.3. The molecular formula is C25H22N4O5S. The molecule has 0 spiro atoms. The Labute approximate surface area is 204 Å². The number of ketones is 1. The monoisotopic (exact) mass is 490 g/mol. The van der Waals surface area contributed by atoms with E-state index in [4.69, 9.17) is 10.5 Å². The molecule has 2 heterocycles. The van der Waals surface area contributed by atoms with Crippen molar-refractivity contribution in [2.45, 2.75) is 20.0 Å². The molecule has 2 aromatic carbocycles. The van der Waals surface area contributed by atoms with Gasteiger partial charge in [-0.2, -0.15) is 0 Å². The third-order valence-corrected chi connectivity index (χ3v) is 6.21. The molecule has 0 saturated carbocycles. The maximum absolute atomic E-state index is 12.9. The average molecular weight is 491 g/mol. The van der Waals surface area contributed by atoms with Crippen LogP contribution in [0.5, 0.6) is 0 Å². The lowest BCUT2D eigenvalue weighted by Gasteiger charge is -2.15. The average Bonchev–Trinajstić information content (AvgIpc) is 3.37. The number of carbonyl (C=O) groups excluding carboxylic acids is 2.